The van der Waals surface area contributed by atoms with Crippen LogP contribution in [0.5, 0.6) is 0 Å². The van der Waals surface area contributed by atoms with Gasteiger partial charge in [-0.05, 0) is 43.5 Å². The maximum atomic E-state index is 13.5. The first-order valence-corrected chi connectivity index (χ1v) is 14.2. The van der Waals surface area contributed by atoms with E-state index < -0.39 is 9.84 Å². The van der Waals surface area contributed by atoms with Gasteiger partial charge < -0.3 is 4.90 Å². The van der Waals surface area contributed by atoms with Crippen molar-refractivity contribution >= 4 is 37.3 Å². The highest BCUT2D eigenvalue weighted by atomic mass is 32.2. The van der Waals surface area contributed by atoms with Crippen LogP contribution in [0, 0.1) is 0 Å². The lowest BCUT2D eigenvalue weighted by molar-refractivity contribution is -0.135. The lowest BCUT2D eigenvalue weighted by atomic mass is 9.98. The number of hydrogen-bond donors (Lipinski definition) is 0. The second kappa shape index (κ2) is 9.52. The first-order chi connectivity index (χ1) is 16.0. The van der Waals surface area contributed by atoms with Crippen molar-refractivity contribution in [3.8, 4) is 0 Å². The molecule has 0 aliphatic carbocycles. The van der Waals surface area contributed by atoms with E-state index in [1.54, 1.807) is 16.2 Å². The number of rotatable bonds is 6. The molecule has 5 rings (SSSR count). The number of benzene rings is 2. The van der Waals surface area contributed by atoms with Crippen LogP contribution in [0.3, 0.4) is 0 Å². The van der Waals surface area contributed by atoms with Crippen molar-refractivity contribution in [3.63, 3.8) is 0 Å². The molecule has 1 amide bonds. The molecule has 2 aromatic carbocycles. The van der Waals surface area contributed by atoms with E-state index >= 15 is 0 Å². The van der Waals surface area contributed by atoms with Crippen LogP contribution in [0.15, 0.2) is 54.6 Å². The molecule has 6 nitrogen and oxygen atoms in total. The third kappa shape index (κ3) is 5.28. The summed E-state index contributed by atoms with van der Waals surface area (Å²) >= 11 is 1.75. The van der Waals surface area contributed by atoms with Gasteiger partial charge in [0.25, 0.3) is 0 Å². The predicted molar refractivity (Wildman–Crippen MR) is 132 cm³/mol. The molecule has 3 aromatic rings. The Morgan fingerprint density at radius 3 is 2.64 bits per heavy atom. The van der Waals surface area contributed by atoms with Crippen LogP contribution in [-0.4, -0.2) is 66.3 Å². The van der Waals surface area contributed by atoms with E-state index in [-0.39, 0.29) is 23.5 Å². The Balaban J connectivity index is 1.29. The molecule has 2 aliphatic heterocycles. The average molecular weight is 484 g/mol. The van der Waals surface area contributed by atoms with Crippen LogP contribution < -0.4 is 0 Å². The highest BCUT2D eigenvalue weighted by molar-refractivity contribution is 7.91. The van der Waals surface area contributed by atoms with E-state index in [0.717, 1.165) is 42.0 Å². The van der Waals surface area contributed by atoms with E-state index in [4.69, 9.17) is 4.98 Å². The van der Waals surface area contributed by atoms with Gasteiger partial charge in [0.05, 0.1) is 33.3 Å². The summed E-state index contributed by atoms with van der Waals surface area (Å²) in [4.78, 5) is 22.4. The number of carbonyl (C=O) groups excluding carboxylic acids is 1. The zero-order valence-corrected chi connectivity index (χ0v) is 20.2. The van der Waals surface area contributed by atoms with E-state index in [1.165, 1.54) is 4.70 Å². The van der Waals surface area contributed by atoms with Crippen molar-refractivity contribution in [1.29, 1.82) is 0 Å². The molecule has 3 heterocycles. The minimum atomic E-state index is -3.07. The number of nitrogens with zero attached hydrogens (tertiary/aromatic N) is 3. The van der Waals surface area contributed by atoms with Crippen molar-refractivity contribution in [1.82, 2.24) is 14.8 Å². The monoisotopic (exact) mass is 483 g/mol. The quantitative estimate of drug-likeness (QED) is 0.535. The molecule has 0 saturated carbocycles. The Morgan fingerprint density at radius 2 is 1.88 bits per heavy atom. The molecule has 2 saturated heterocycles. The van der Waals surface area contributed by atoms with Gasteiger partial charge in [0, 0.05) is 25.0 Å². The molecule has 174 valence electrons. The summed E-state index contributed by atoms with van der Waals surface area (Å²) in [5.74, 6) is 0.587. The Morgan fingerprint density at radius 1 is 1.09 bits per heavy atom. The smallest absolute Gasteiger partial charge is 0.237 e. The minimum Gasteiger partial charge on any atom is -0.333 e. The van der Waals surface area contributed by atoms with Crippen LogP contribution in [-0.2, 0) is 21.2 Å². The second-order valence-corrected chi connectivity index (χ2v) is 12.4. The van der Waals surface area contributed by atoms with Crippen LogP contribution >= 0.6 is 11.3 Å². The van der Waals surface area contributed by atoms with Gasteiger partial charge in [0.2, 0.25) is 5.91 Å². The number of hydrogen-bond acceptors (Lipinski definition) is 6. The fourth-order valence-corrected chi connectivity index (χ4v) is 7.79. The topological polar surface area (TPSA) is 70.6 Å². The fourth-order valence-electron chi connectivity index (χ4n) is 4.97. The molecular formula is C25H29N3O3S2. The van der Waals surface area contributed by atoms with Gasteiger partial charge in [-0.15, -0.1) is 11.3 Å². The minimum absolute atomic E-state index is 0.0194. The molecule has 8 heteroatoms. The predicted octanol–water partition coefficient (Wildman–Crippen LogP) is 3.69. The first-order valence-electron chi connectivity index (χ1n) is 11.6. The standard InChI is InChI=1S/C25H29N3O3S2/c29-24(28(15-19-7-2-1-3-8-19)21-12-14-33(30,31)18-21)17-27-13-6-9-20(16-27)25-26-22-10-4-5-11-23(22)32-25/h1-5,7-8,10-11,20-21H,6,9,12-18H2/t20-,21+/m1/s1. The molecule has 2 atom stereocenters. The number of aromatic nitrogens is 1. The van der Waals surface area contributed by atoms with Crippen molar-refractivity contribution in [2.75, 3.05) is 31.1 Å². The third-order valence-electron chi connectivity index (χ3n) is 6.69. The summed E-state index contributed by atoms with van der Waals surface area (Å²) in [6.07, 6.45) is 2.64. The zero-order chi connectivity index (χ0) is 22.8. The summed E-state index contributed by atoms with van der Waals surface area (Å²) in [6.45, 7) is 2.47. The summed E-state index contributed by atoms with van der Waals surface area (Å²) in [7, 11) is -3.07. The van der Waals surface area contributed by atoms with Crippen molar-refractivity contribution in [3.05, 3.63) is 65.2 Å². The molecule has 0 N–H and O–H groups in total. The summed E-state index contributed by atoms with van der Waals surface area (Å²) in [6, 6.07) is 17.8. The van der Waals surface area contributed by atoms with Gasteiger partial charge >= 0.3 is 0 Å². The molecule has 2 fully saturated rings. The van der Waals surface area contributed by atoms with Gasteiger partial charge in [-0.25, -0.2) is 13.4 Å². The Labute approximate surface area is 199 Å². The molecule has 0 radical (unpaired) electrons. The van der Waals surface area contributed by atoms with Crippen molar-refractivity contribution in [2.45, 2.75) is 37.8 Å². The highest BCUT2D eigenvalue weighted by Gasteiger charge is 2.35. The highest BCUT2D eigenvalue weighted by Crippen LogP contribution is 2.33. The third-order valence-corrected chi connectivity index (χ3v) is 9.64. The normalized spacial score (nSPS) is 23.0. The van der Waals surface area contributed by atoms with Gasteiger partial charge in [0.1, 0.15) is 0 Å². The van der Waals surface area contributed by atoms with Crippen LogP contribution in [0.2, 0.25) is 0 Å². The molecule has 0 spiro atoms. The summed E-state index contributed by atoms with van der Waals surface area (Å²) < 4.78 is 25.5. The Bertz CT molecular complexity index is 1190. The van der Waals surface area contributed by atoms with Crippen LogP contribution in [0.4, 0.5) is 0 Å². The first kappa shape index (κ1) is 22.5. The molecule has 33 heavy (non-hydrogen) atoms. The van der Waals surface area contributed by atoms with E-state index in [2.05, 4.69) is 17.0 Å². The largest absolute Gasteiger partial charge is 0.333 e. The van der Waals surface area contributed by atoms with E-state index in [1.807, 2.05) is 42.5 Å². The molecule has 0 unspecified atom stereocenters. The van der Waals surface area contributed by atoms with Crippen LogP contribution in [0.25, 0.3) is 10.2 Å². The number of piperidine rings is 1. The fraction of sp³-hybridized carbons (Fsp3) is 0.440. The SMILES string of the molecule is O=C(CN1CCC[C@@H](c2nc3ccccc3s2)C1)N(Cc1ccccc1)[C@H]1CCS(=O)(=O)C1. The number of sulfone groups is 1. The van der Waals surface area contributed by atoms with Crippen molar-refractivity contribution in [2.24, 2.45) is 0 Å². The molecular weight excluding hydrogens is 454 g/mol. The van der Waals surface area contributed by atoms with E-state index in [9.17, 15) is 13.2 Å². The van der Waals surface area contributed by atoms with Gasteiger partial charge in [-0.1, -0.05) is 42.5 Å². The number of fused-ring (bicyclic) bond motifs is 1. The van der Waals surface area contributed by atoms with Gasteiger partial charge in [-0.2, -0.15) is 0 Å². The number of carbonyl (C=O) groups is 1. The second-order valence-electron chi connectivity index (χ2n) is 9.16. The Kier molecular flexibility index (Phi) is 6.49. The van der Waals surface area contributed by atoms with Crippen molar-refractivity contribution < 1.29 is 13.2 Å². The maximum absolute atomic E-state index is 13.5. The zero-order valence-electron chi connectivity index (χ0n) is 18.6. The van der Waals surface area contributed by atoms with Crippen LogP contribution in [0.1, 0.15) is 35.8 Å². The lowest BCUT2D eigenvalue weighted by Gasteiger charge is -2.35. The molecule has 0 bridgehead atoms. The van der Waals surface area contributed by atoms with Gasteiger partial charge in [0.15, 0.2) is 9.84 Å². The average Bonchev–Trinajstić information content (AvgIpc) is 3.41. The summed E-state index contributed by atoms with van der Waals surface area (Å²) in [5.41, 5.74) is 2.07. The van der Waals surface area contributed by atoms with Gasteiger partial charge in [-0.3, -0.25) is 9.69 Å². The number of para-hydroxylation sites is 1. The Hall–Kier alpha value is -2.29. The number of likely N-dealkylation sites (tertiary alicyclic amines) is 1. The maximum Gasteiger partial charge on any atom is 0.237 e. The lowest BCUT2D eigenvalue weighted by Crippen LogP contribution is -2.47. The summed E-state index contributed by atoms with van der Waals surface area (Å²) in [5, 5.41) is 1.15. The van der Waals surface area contributed by atoms with E-state index in [0.29, 0.717) is 25.4 Å². The number of thiazole rings is 1. The molecule has 1 aromatic heterocycles. The molecule has 2 aliphatic rings. The number of amides is 1.